The number of benzene rings is 1. The lowest BCUT2D eigenvalue weighted by molar-refractivity contribution is 0.0958. The summed E-state index contributed by atoms with van der Waals surface area (Å²) < 4.78 is 5.68. The van der Waals surface area contributed by atoms with Crippen LogP contribution in [0.25, 0.3) is 0 Å². The molecule has 0 bridgehead atoms. The maximum Gasteiger partial charge on any atom is 0.318 e. The minimum atomic E-state index is -0.407. The SMILES string of the molecule is CNC(=O)Nc1cccc(Oc2ccnc(C(=O)NC)c2Cl)c1. The first-order valence-electron chi connectivity index (χ1n) is 6.68. The summed E-state index contributed by atoms with van der Waals surface area (Å²) in [6, 6.07) is 7.97. The van der Waals surface area contributed by atoms with Gasteiger partial charge in [-0.1, -0.05) is 17.7 Å². The largest absolute Gasteiger partial charge is 0.456 e. The normalized spacial score (nSPS) is 9.87. The molecule has 1 heterocycles. The molecule has 3 amide bonds. The molecule has 23 heavy (non-hydrogen) atoms. The molecule has 8 heteroatoms. The van der Waals surface area contributed by atoms with Crippen LogP contribution in [0, 0.1) is 0 Å². The van der Waals surface area contributed by atoms with Crippen molar-refractivity contribution in [1.29, 1.82) is 0 Å². The van der Waals surface area contributed by atoms with E-state index >= 15 is 0 Å². The molecule has 0 aliphatic carbocycles. The lowest BCUT2D eigenvalue weighted by Crippen LogP contribution is -2.24. The number of nitrogens with zero attached hydrogens (tertiary/aromatic N) is 1. The number of ether oxygens (including phenoxy) is 1. The number of carbonyl (C=O) groups is 2. The van der Waals surface area contributed by atoms with Crippen LogP contribution in [-0.4, -0.2) is 31.0 Å². The molecule has 7 nitrogen and oxygen atoms in total. The van der Waals surface area contributed by atoms with Crippen molar-refractivity contribution in [2.45, 2.75) is 0 Å². The van der Waals surface area contributed by atoms with Crippen molar-refractivity contribution in [3.05, 3.63) is 47.2 Å². The van der Waals surface area contributed by atoms with Gasteiger partial charge in [0.15, 0.2) is 0 Å². The van der Waals surface area contributed by atoms with Gasteiger partial charge in [-0.3, -0.25) is 4.79 Å². The van der Waals surface area contributed by atoms with Gasteiger partial charge in [-0.25, -0.2) is 9.78 Å². The third-order valence-corrected chi connectivity index (χ3v) is 3.21. The van der Waals surface area contributed by atoms with Crippen LogP contribution in [0.5, 0.6) is 11.5 Å². The Morgan fingerprint density at radius 3 is 2.65 bits per heavy atom. The predicted octanol–water partition coefficient (Wildman–Crippen LogP) is 2.64. The lowest BCUT2D eigenvalue weighted by atomic mass is 10.3. The number of rotatable bonds is 4. The summed E-state index contributed by atoms with van der Waals surface area (Å²) >= 11 is 6.15. The van der Waals surface area contributed by atoms with Crippen molar-refractivity contribution in [3.63, 3.8) is 0 Å². The van der Waals surface area contributed by atoms with Crippen LogP contribution in [0.3, 0.4) is 0 Å². The first-order chi connectivity index (χ1) is 11.0. The van der Waals surface area contributed by atoms with E-state index in [1.807, 2.05) is 0 Å². The molecule has 2 aromatic rings. The molecule has 0 atom stereocenters. The molecule has 0 aliphatic rings. The highest BCUT2D eigenvalue weighted by molar-refractivity contribution is 6.34. The van der Waals surface area contributed by atoms with Gasteiger partial charge in [0.2, 0.25) is 0 Å². The highest BCUT2D eigenvalue weighted by Gasteiger charge is 2.15. The van der Waals surface area contributed by atoms with Gasteiger partial charge >= 0.3 is 6.03 Å². The van der Waals surface area contributed by atoms with E-state index in [2.05, 4.69) is 20.9 Å². The summed E-state index contributed by atoms with van der Waals surface area (Å²) in [6.45, 7) is 0. The van der Waals surface area contributed by atoms with E-state index in [-0.39, 0.29) is 22.5 Å². The van der Waals surface area contributed by atoms with Gasteiger partial charge in [-0.05, 0) is 12.1 Å². The average molecular weight is 335 g/mol. The van der Waals surface area contributed by atoms with Gasteiger partial charge in [-0.2, -0.15) is 0 Å². The Kier molecular flexibility index (Phi) is 5.37. The number of carbonyl (C=O) groups excluding carboxylic acids is 2. The van der Waals surface area contributed by atoms with Crippen molar-refractivity contribution in [2.75, 3.05) is 19.4 Å². The number of anilines is 1. The van der Waals surface area contributed by atoms with Gasteiger partial charge in [0.25, 0.3) is 5.91 Å². The van der Waals surface area contributed by atoms with E-state index in [1.54, 1.807) is 30.3 Å². The van der Waals surface area contributed by atoms with Crippen LogP contribution < -0.4 is 20.7 Å². The summed E-state index contributed by atoms with van der Waals surface area (Å²) in [6.07, 6.45) is 1.43. The fraction of sp³-hybridized carbons (Fsp3) is 0.133. The topological polar surface area (TPSA) is 92.3 Å². The van der Waals surface area contributed by atoms with Crippen molar-refractivity contribution >= 4 is 29.2 Å². The van der Waals surface area contributed by atoms with Crippen LogP contribution in [0.2, 0.25) is 5.02 Å². The zero-order chi connectivity index (χ0) is 16.8. The highest BCUT2D eigenvalue weighted by Crippen LogP contribution is 2.31. The minimum absolute atomic E-state index is 0.0753. The molecule has 0 saturated heterocycles. The van der Waals surface area contributed by atoms with Crippen LogP contribution >= 0.6 is 11.6 Å². The summed E-state index contributed by atoms with van der Waals surface area (Å²) in [7, 11) is 3.01. The lowest BCUT2D eigenvalue weighted by Gasteiger charge is -2.11. The number of pyridine rings is 1. The van der Waals surface area contributed by atoms with Crippen LogP contribution in [0.1, 0.15) is 10.5 Å². The van der Waals surface area contributed by atoms with E-state index in [4.69, 9.17) is 16.3 Å². The van der Waals surface area contributed by atoms with Crippen LogP contribution in [0.4, 0.5) is 10.5 Å². The maximum absolute atomic E-state index is 11.7. The van der Waals surface area contributed by atoms with E-state index in [1.165, 1.54) is 20.3 Å². The zero-order valence-electron chi connectivity index (χ0n) is 12.5. The summed E-state index contributed by atoms with van der Waals surface area (Å²) in [5.41, 5.74) is 0.630. The Balaban J connectivity index is 2.24. The van der Waals surface area contributed by atoms with Crippen LogP contribution in [0.15, 0.2) is 36.5 Å². The number of aromatic nitrogens is 1. The fourth-order valence-corrected chi connectivity index (χ4v) is 1.98. The van der Waals surface area contributed by atoms with Crippen molar-refractivity contribution in [1.82, 2.24) is 15.6 Å². The Morgan fingerprint density at radius 2 is 1.96 bits per heavy atom. The van der Waals surface area contributed by atoms with Crippen LogP contribution in [-0.2, 0) is 0 Å². The molecule has 1 aromatic carbocycles. The van der Waals surface area contributed by atoms with E-state index in [9.17, 15) is 9.59 Å². The van der Waals surface area contributed by atoms with Crippen molar-refractivity contribution in [2.24, 2.45) is 0 Å². The first kappa shape index (κ1) is 16.6. The number of urea groups is 1. The highest BCUT2D eigenvalue weighted by atomic mass is 35.5. The smallest absolute Gasteiger partial charge is 0.318 e. The molecule has 3 N–H and O–H groups in total. The first-order valence-corrected chi connectivity index (χ1v) is 7.06. The molecule has 0 aliphatic heterocycles. The Labute approximate surface area is 138 Å². The third kappa shape index (κ3) is 4.10. The quantitative estimate of drug-likeness (QED) is 0.801. The van der Waals surface area contributed by atoms with Gasteiger partial charge in [0.1, 0.15) is 22.2 Å². The molecule has 0 unspecified atom stereocenters. The van der Waals surface area contributed by atoms with Crippen molar-refractivity contribution < 1.29 is 14.3 Å². The van der Waals surface area contributed by atoms with Gasteiger partial charge in [0.05, 0.1) is 0 Å². The summed E-state index contributed by atoms with van der Waals surface area (Å²) in [5, 5.41) is 7.65. The molecule has 0 radical (unpaired) electrons. The summed E-state index contributed by atoms with van der Waals surface area (Å²) in [5.74, 6) is 0.336. The maximum atomic E-state index is 11.7. The van der Waals surface area contributed by atoms with E-state index < -0.39 is 5.91 Å². The average Bonchev–Trinajstić information content (AvgIpc) is 2.56. The second kappa shape index (κ2) is 7.46. The van der Waals surface area contributed by atoms with Gasteiger partial charge < -0.3 is 20.7 Å². The molecular formula is C15H15ClN4O3. The van der Waals surface area contributed by atoms with E-state index in [0.29, 0.717) is 11.4 Å². The van der Waals surface area contributed by atoms with E-state index in [0.717, 1.165) is 0 Å². The second-order valence-corrected chi connectivity index (χ2v) is 4.76. The summed E-state index contributed by atoms with van der Waals surface area (Å²) in [4.78, 5) is 26.9. The predicted molar refractivity (Wildman–Crippen MR) is 87.2 cm³/mol. The Bertz CT molecular complexity index is 736. The zero-order valence-corrected chi connectivity index (χ0v) is 13.3. The number of halogens is 1. The van der Waals surface area contributed by atoms with Gasteiger partial charge in [-0.15, -0.1) is 0 Å². The Hall–Kier alpha value is -2.80. The molecule has 0 spiro atoms. The number of amides is 3. The Morgan fingerprint density at radius 1 is 1.17 bits per heavy atom. The minimum Gasteiger partial charge on any atom is -0.456 e. The molecular weight excluding hydrogens is 320 g/mol. The van der Waals surface area contributed by atoms with Gasteiger partial charge in [0, 0.05) is 38.1 Å². The molecule has 2 rings (SSSR count). The number of nitrogens with one attached hydrogen (secondary N) is 3. The fourth-order valence-electron chi connectivity index (χ4n) is 1.74. The second-order valence-electron chi connectivity index (χ2n) is 4.38. The standard InChI is InChI=1S/C15H15ClN4O3/c1-17-14(21)13-12(16)11(6-7-19-13)23-10-5-3-4-9(8-10)20-15(22)18-2/h3-8H,1-2H3,(H,17,21)(H2,18,20,22). The third-order valence-electron chi connectivity index (χ3n) is 2.84. The molecule has 0 fully saturated rings. The molecule has 120 valence electrons. The van der Waals surface area contributed by atoms with Crippen molar-refractivity contribution in [3.8, 4) is 11.5 Å². The molecule has 1 aromatic heterocycles. The molecule has 0 saturated carbocycles. The monoisotopic (exact) mass is 334 g/mol. The number of hydrogen-bond acceptors (Lipinski definition) is 4. The number of hydrogen-bond donors (Lipinski definition) is 3.